The fraction of sp³-hybridized carbons (Fsp3) is 0.867. The molecule has 0 saturated carbocycles. The number of nitrogens with zero attached hydrogens (tertiary/aromatic N) is 1. The second-order valence-electron chi connectivity index (χ2n) is 7.97. The van der Waals surface area contributed by atoms with Gasteiger partial charge in [0.15, 0.2) is 0 Å². The molecule has 17 heavy (non-hydrogen) atoms. The van der Waals surface area contributed by atoms with Gasteiger partial charge in [0.25, 0.3) is 0 Å². The van der Waals surface area contributed by atoms with E-state index >= 15 is 0 Å². The van der Waals surface area contributed by atoms with E-state index in [1.165, 1.54) is 0 Å². The molecule has 1 aliphatic rings. The Morgan fingerprint density at radius 1 is 1.24 bits per heavy atom. The third-order valence-corrected chi connectivity index (χ3v) is 4.18. The molecule has 2 nitrogen and oxygen atoms in total. The van der Waals surface area contributed by atoms with Gasteiger partial charge in [-0.2, -0.15) is 0 Å². The van der Waals surface area contributed by atoms with Crippen LogP contribution >= 0.6 is 0 Å². The van der Waals surface area contributed by atoms with Gasteiger partial charge in [-0.15, -0.1) is 0 Å². The summed E-state index contributed by atoms with van der Waals surface area (Å²) in [6.07, 6.45) is 1.11. The van der Waals surface area contributed by atoms with Crippen LogP contribution in [-0.2, 0) is 0 Å². The standard InChI is InChI=1S/C15H30N2/c1-11(16)15(8)9-12(13(2,3)4)17(10-15)14(5,6)7/h12H,1,9-10,16H2,2-8H3/t12?,15-/m1/s1. The molecule has 2 N–H and O–H groups in total. The molecule has 0 spiro atoms. The largest absolute Gasteiger partial charge is 0.402 e. The summed E-state index contributed by atoms with van der Waals surface area (Å²) in [5.41, 5.74) is 7.38. The highest BCUT2D eigenvalue weighted by molar-refractivity contribution is 5.14. The van der Waals surface area contributed by atoms with Crippen molar-refractivity contribution in [2.75, 3.05) is 6.54 Å². The lowest BCUT2D eigenvalue weighted by atomic mass is 9.77. The van der Waals surface area contributed by atoms with E-state index in [0.29, 0.717) is 6.04 Å². The average molecular weight is 238 g/mol. The first kappa shape index (κ1) is 14.6. The highest BCUT2D eigenvalue weighted by atomic mass is 15.3. The molecule has 0 aromatic heterocycles. The SMILES string of the molecule is C=C(N)[C@]1(C)CC(C(C)(C)C)N(C(C)(C)C)C1. The predicted molar refractivity (Wildman–Crippen MR) is 75.8 cm³/mol. The van der Waals surface area contributed by atoms with Crippen LogP contribution in [0, 0.1) is 10.8 Å². The van der Waals surface area contributed by atoms with Gasteiger partial charge in [0, 0.05) is 29.2 Å². The van der Waals surface area contributed by atoms with Gasteiger partial charge in [-0.1, -0.05) is 34.3 Å². The molecule has 1 saturated heterocycles. The molecule has 2 heteroatoms. The van der Waals surface area contributed by atoms with Gasteiger partial charge in [0.1, 0.15) is 0 Å². The molecule has 0 amide bonds. The second kappa shape index (κ2) is 4.01. The van der Waals surface area contributed by atoms with Crippen molar-refractivity contribution >= 4 is 0 Å². The third kappa shape index (κ3) is 2.85. The van der Waals surface area contributed by atoms with Crippen molar-refractivity contribution in [1.82, 2.24) is 4.90 Å². The van der Waals surface area contributed by atoms with Gasteiger partial charge in [-0.05, 0) is 32.6 Å². The molecule has 100 valence electrons. The fourth-order valence-corrected chi connectivity index (χ4v) is 2.80. The van der Waals surface area contributed by atoms with Crippen LogP contribution in [0.5, 0.6) is 0 Å². The average Bonchev–Trinajstić information content (AvgIpc) is 2.43. The van der Waals surface area contributed by atoms with Crippen molar-refractivity contribution in [3.05, 3.63) is 12.3 Å². The summed E-state index contributed by atoms with van der Waals surface area (Å²) in [4.78, 5) is 2.60. The normalized spacial score (nSPS) is 31.8. The Bertz CT molecular complexity index is 282. The molecule has 0 aliphatic carbocycles. The molecule has 1 rings (SSSR count). The van der Waals surface area contributed by atoms with Gasteiger partial charge in [-0.25, -0.2) is 0 Å². The Morgan fingerprint density at radius 2 is 1.71 bits per heavy atom. The van der Waals surface area contributed by atoms with Crippen LogP contribution < -0.4 is 5.73 Å². The van der Waals surface area contributed by atoms with E-state index < -0.39 is 0 Å². The van der Waals surface area contributed by atoms with Crippen molar-refractivity contribution in [3.63, 3.8) is 0 Å². The lowest BCUT2D eigenvalue weighted by Gasteiger charge is -2.43. The Kier molecular flexibility index (Phi) is 3.44. The van der Waals surface area contributed by atoms with Crippen LogP contribution in [0.25, 0.3) is 0 Å². The van der Waals surface area contributed by atoms with Gasteiger partial charge >= 0.3 is 0 Å². The predicted octanol–water partition coefficient (Wildman–Crippen LogP) is 3.38. The van der Waals surface area contributed by atoms with Gasteiger partial charge in [0.05, 0.1) is 0 Å². The zero-order chi connectivity index (χ0) is 13.6. The van der Waals surface area contributed by atoms with Gasteiger partial charge in [0.2, 0.25) is 0 Å². The van der Waals surface area contributed by atoms with Gasteiger partial charge < -0.3 is 5.73 Å². The van der Waals surface area contributed by atoms with Crippen molar-refractivity contribution in [2.45, 2.75) is 66.5 Å². The minimum Gasteiger partial charge on any atom is -0.402 e. The molecule has 1 aliphatic heterocycles. The van der Waals surface area contributed by atoms with Crippen LogP contribution in [0.15, 0.2) is 12.3 Å². The summed E-state index contributed by atoms with van der Waals surface area (Å²) < 4.78 is 0. The van der Waals surface area contributed by atoms with Crippen molar-refractivity contribution in [1.29, 1.82) is 0 Å². The number of rotatable bonds is 1. The van der Waals surface area contributed by atoms with E-state index in [0.717, 1.165) is 18.7 Å². The fourth-order valence-electron chi connectivity index (χ4n) is 2.80. The number of likely N-dealkylation sites (tertiary alicyclic amines) is 1. The van der Waals surface area contributed by atoms with E-state index in [-0.39, 0.29) is 16.4 Å². The molecule has 1 fully saturated rings. The second-order valence-corrected chi connectivity index (χ2v) is 7.97. The summed E-state index contributed by atoms with van der Waals surface area (Å²) in [6.45, 7) is 21.1. The van der Waals surface area contributed by atoms with Crippen molar-refractivity contribution in [2.24, 2.45) is 16.6 Å². The summed E-state index contributed by atoms with van der Waals surface area (Å²) in [5, 5.41) is 0. The summed E-state index contributed by atoms with van der Waals surface area (Å²) >= 11 is 0. The third-order valence-electron chi connectivity index (χ3n) is 4.18. The van der Waals surface area contributed by atoms with Crippen LogP contribution in [0.4, 0.5) is 0 Å². The Morgan fingerprint density at radius 3 is 1.94 bits per heavy atom. The first-order valence-electron chi connectivity index (χ1n) is 6.59. The summed E-state index contributed by atoms with van der Waals surface area (Å²) in [5.74, 6) is 0. The van der Waals surface area contributed by atoms with E-state index in [9.17, 15) is 0 Å². The molecule has 1 unspecified atom stereocenters. The van der Waals surface area contributed by atoms with Crippen LogP contribution in [0.3, 0.4) is 0 Å². The van der Waals surface area contributed by atoms with E-state index in [4.69, 9.17) is 5.73 Å². The minimum absolute atomic E-state index is 0.0607. The van der Waals surface area contributed by atoms with Crippen molar-refractivity contribution in [3.8, 4) is 0 Å². The topological polar surface area (TPSA) is 29.3 Å². The quantitative estimate of drug-likeness (QED) is 0.759. The molecule has 0 aromatic rings. The van der Waals surface area contributed by atoms with E-state index in [1.54, 1.807) is 0 Å². The number of nitrogens with two attached hydrogens (primary N) is 1. The highest BCUT2D eigenvalue weighted by Crippen LogP contribution is 2.46. The lowest BCUT2D eigenvalue weighted by Crippen LogP contribution is -2.49. The molecule has 0 aromatic carbocycles. The molecule has 2 atom stereocenters. The van der Waals surface area contributed by atoms with Crippen LogP contribution in [-0.4, -0.2) is 23.0 Å². The van der Waals surface area contributed by atoms with Gasteiger partial charge in [-0.3, -0.25) is 4.90 Å². The first-order chi connectivity index (χ1) is 7.38. The maximum Gasteiger partial charge on any atom is 0.0207 e. The first-order valence-corrected chi connectivity index (χ1v) is 6.59. The monoisotopic (exact) mass is 238 g/mol. The molecular weight excluding hydrogens is 208 g/mol. The Balaban J connectivity index is 3.08. The molecule has 0 radical (unpaired) electrons. The lowest BCUT2D eigenvalue weighted by molar-refractivity contribution is 0.0566. The zero-order valence-corrected chi connectivity index (χ0v) is 12.7. The summed E-state index contributed by atoms with van der Waals surface area (Å²) in [6, 6.07) is 0.563. The number of hydrogen-bond donors (Lipinski definition) is 1. The zero-order valence-electron chi connectivity index (χ0n) is 12.7. The number of hydrogen-bond acceptors (Lipinski definition) is 2. The van der Waals surface area contributed by atoms with Crippen LogP contribution in [0.1, 0.15) is 54.9 Å². The maximum atomic E-state index is 6.02. The molecule has 1 heterocycles. The Hall–Kier alpha value is -0.500. The van der Waals surface area contributed by atoms with Crippen LogP contribution in [0.2, 0.25) is 0 Å². The van der Waals surface area contributed by atoms with Crippen molar-refractivity contribution < 1.29 is 0 Å². The molecular formula is C15H30N2. The minimum atomic E-state index is 0.0607. The van der Waals surface area contributed by atoms with E-state index in [2.05, 4.69) is 59.9 Å². The van der Waals surface area contributed by atoms with E-state index in [1.807, 2.05) is 0 Å². The smallest absolute Gasteiger partial charge is 0.0207 e. The maximum absolute atomic E-state index is 6.02. The Labute approximate surface area is 107 Å². The summed E-state index contributed by atoms with van der Waals surface area (Å²) in [7, 11) is 0. The highest BCUT2D eigenvalue weighted by Gasteiger charge is 2.49. The molecule has 0 bridgehead atoms.